The van der Waals surface area contributed by atoms with Gasteiger partial charge in [-0.2, -0.15) is 0 Å². The Kier molecular flexibility index (Phi) is 3.67. The Labute approximate surface area is 131 Å². The summed E-state index contributed by atoms with van der Waals surface area (Å²) >= 11 is 5.85. The molecule has 0 aromatic heterocycles. The summed E-state index contributed by atoms with van der Waals surface area (Å²) in [5, 5.41) is 0. The molecule has 0 spiro atoms. The van der Waals surface area contributed by atoms with Crippen LogP contribution in [0.3, 0.4) is 0 Å². The molecule has 0 bridgehead atoms. The van der Waals surface area contributed by atoms with E-state index in [1.807, 2.05) is 6.92 Å². The van der Waals surface area contributed by atoms with Gasteiger partial charge < -0.3 is 4.74 Å². The maximum Gasteiger partial charge on any atom is 0.317 e. The number of alkyl halides is 1. The van der Waals surface area contributed by atoms with Gasteiger partial charge in [-0.25, -0.2) is 0 Å². The second-order valence-electron chi connectivity index (χ2n) is 6.95. The fourth-order valence-electron chi connectivity index (χ4n) is 4.83. The van der Waals surface area contributed by atoms with E-state index in [-0.39, 0.29) is 23.6 Å². The van der Waals surface area contributed by atoms with Crippen molar-refractivity contribution < 1.29 is 14.3 Å². The number of Topliss-reactive ketones (excluding diaryl/α,β-unsaturated/α-hetero) is 1. The molecule has 0 radical (unpaired) electrons. The molecule has 5 atom stereocenters. The average Bonchev–Trinajstić information content (AvgIpc) is 2.65. The standard InChI is InChI=1S/C17H23ClO3/c1-11(12-6-4-3-5-7-12)17-10-14(19)13(8-9-18)16(17,2)21-15(17)20/h4,6,11-13H,3,5,7-10H2,1-2H3/t11-,12+,13-,16-,17?/m0/s1. The van der Waals surface area contributed by atoms with Crippen molar-refractivity contribution in [1.29, 1.82) is 0 Å². The van der Waals surface area contributed by atoms with Crippen molar-refractivity contribution in [1.82, 2.24) is 0 Å². The van der Waals surface area contributed by atoms with E-state index in [0.29, 0.717) is 24.6 Å². The number of ketones is 1. The molecule has 21 heavy (non-hydrogen) atoms. The number of allylic oxidation sites excluding steroid dienone is 2. The van der Waals surface area contributed by atoms with Crippen molar-refractivity contribution in [3.05, 3.63) is 12.2 Å². The molecule has 2 aliphatic carbocycles. The Balaban J connectivity index is 1.94. The number of hydrogen-bond donors (Lipinski definition) is 0. The monoisotopic (exact) mass is 310 g/mol. The first-order valence-corrected chi connectivity index (χ1v) is 8.49. The number of hydrogen-bond acceptors (Lipinski definition) is 3. The van der Waals surface area contributed by atoms with Crippen LogP contribution in [0.2, 0.25) is 0 Å². The molecule has 0 aromatic rings. The molecule has 1 heterocycles. The van der Waals surface area contributed by atoms with Gasteiger partial charge in [0.25, 0.3) is 0 Å². The van der Waals surface area contributed by atoms with Gasteiger partial charge in [0.2, 0.25) is 0 Å². The van der Waals surface area contributed by atoms with E-state index < -0.39 is 11.0 Å². The summed E-state index contributed by atoms with van der Waals surface area (Å²) < 4.78 is 5.56. The van der Waals surface area contributed by atoms with Crippen LogP contribution in [-0.2, 0) is 14.3 Å². The molecule has 3 rings (SSSR count). The first-order chi connectivity index (χ1) is 9.97. The summed E-state index contributed by atoms with van der Waals surface area (Å²) in [6, 6.07) is 0. The largest absolute Gasteiger partial charge is 0.457 e. The van der Waals surface area contributed by atoms with Gasteiger partial charge in [0.15, 0.2) is 0 Å². The van der Waals surface area contributed by atoms with Crippen molar-refractivity contribution >= 4 is 23.4 Å². The molecule has 1 saturated heterocycles. The zero-order chi connectivity index (χ0) is 15.3. The molecule has 4 heteroatoms. The number of carbonyl (C=O) groups is 2. The topological polar surface area (TPSA) is 43.4 Å². The van der Waals surface area contributed by atoms with Crippen LogP contribution in [0.4, 0.5) is 0 Å². The lowest BCUT2D eigenvalue weighted by Gasteiger charge is -2.56. The van der Waals surface area contributed by atoms with Gasteiger partial charge in [0, 0.05) is 12.3 Å². The predicted molar refractivity (Wildman–Crippen MR) is 81.0 cm³/mol. The van der Waals surface area contributed by atoms with Crippen LogP contribution in [0.15, 0.2) is 12.2 Å². The highest BCUT2D eigenvalue weighted by molar-refractivity contribution is 6.18. The van der Waals surface area contributed by atoms with Gasteiger partial charge >= 0.3 is 5.97 Å². The minimum absolute atomic E-state index is 0.143. The highest BCUT2D eigenvalue weighted by Crippen LogP contribution is 2.64. The van der Waals surface area contributed by atoms with Crippen LogP contribution in [-0.4, -0.2) is 23.2 Å². The fourth-order valence-corrected chi connectivity index (χ4v) is 5.05. The maximum atomic E-state index is 12.5. The van der Waals surface area contributed by atoms with E-state index in [1.165, 1.54) is 0 Å². The summed E-state index contributed by atoms with van der Waals surface area (Å²) in [6.07, 6.45) is 8.73. The zero-order valence-corrected chi connectivity index (χ0v) is 13.5. The quantitative estimate of drug-likeness (QED) is 0.453. The van der Waals surface area contributed by atoms with Crippen LogP contribution in [0, 0.1) is 23.2 Å². The lowest BCUT2D eigenvalue weighted by atomic mass is 9.57. The third-order valence-electron chi connectivity index (χ3n) is 6.17. The van der Waals surface area contributed by atoms with Crippen molar-refractivity contribution in [2.75, 3.05) is 5.88 Å². The summed E-state index contributed by atoms with van der Waals surface area (Å²) in [4.78, 5) is 24.8. The van der Waals surface area contributed by atoms with E-state index in [9.17, 15) is 9.59 Å². The van der Waals surface area contributed by atoms with E-state index in [4.69, 9.17) is 16.3 Å². The Morgan fingerprint density at radius 2 is 2.24 bits per heavy atom. The molecular weight excluding hydrogens is 288 g/mol. The van der Waals surface area contributed by atoms with Crippen molar-refractivity contribution in [3.63, 3.8) is 0 Å². The lowest BCUT2D eigenvalue weighted by molar-refractivity contribution is -0.252. The number of carbonyl (C=O) groups excluding carboxylic acids is 2. The molecule has 1 aliphatic heterocycles. The van der Waals surface area contributed by atoms with Crippen LogP contribution in [0.5, 0.6) is 0 Å². The van der Waals surface area contributed by atoms with E-state index in [1.54, 1.807) is 0 Å². The first kappa shape index (κ1) is 15.1. The Morgan fingerprint density at radius 3 is 2.81 bits per heavy atom. The predicted octanol–water partition coefficient (Wildman–Crippen LogP) is 3.50. The second kappa shape index (κ2) is 5.12. The van der Waals surface area contributed by atoms with Gasteiger partial charge in [-0.05, 0) is 44.4 Å². The lowest BCUT2D eigenvalue weighted by Crippen LogP contribution is -2.68. The molecule has 2 fully saturated rings. The summed E-state index contributed by atoms with van der Waals surface area (Å²) in [5.74, 6) is 0.676. The van der Waals surface area contributed by atoms with Crippen molar-refractivity contribution in [3.8, 4) is 0 Å². The normalized spacial score (nSPS) is 43.2. The van der Waals surface area contributed by atoms with E-state index in [0.717, 1.165) is 19.3 Å². The molecule has 0 aromatic carbocycles. The minimum Gasteiger partial charge on any atom is -0.457 e. The molecule has 116 valence electrons. The van der Waals surface area contributed by atoms with Gasteiger partial charge in [0.1, 0.15) is 16.8 Å². The Morgan fingerprint density at radius 1 is 1.48 bits per heavy atom. The number of ether oxygens (including phenoxy) is 1. The Bertz CT molecular complexity index is 500. The third-order valence-corrected chi connectivity index (χ3v) is 6.39. The second-order valence-corrected chi connectivity index (χ2v) is 7.33. The molecular formula is C17H23ClO3. The van der Waals surface area contributed by atoms with Crippen LogP contribution < -0.4 is 0 Å². The number of fused-ring (bicyclic) bond motifs is 1. The highest BCUT2D eigenvalue weighted by Gasteiger charge is 2.77. The zero-order valence-electron chi connectivity index (χ0n) is 12.7. The summed E-state index contributed by atoms with van der Waals surface area (Å²) in [7, 11) is 0. The van der Waals surface area contributed by atoms with Gasteiger partial charge in [-0.15, -0.1) is 11.6 Å². The molecule has 3 nitrogen and oxygen atoms in total. The van der Waals surface area contributed by atoms with Crippen LogP contribution in [0.25, 0.3) is 0 Å². The van der Waals surface area contributed by atoms with Crippen LogP contribution in [0.1, 0.15) is 46.0 Å². The molecule has 3 aliphatic rings. The fraction of sp³-hybridized carbons (Fsp3) is 0.765. The van der Waals surface area contributed by atoms with Gasteiger partial charge in [0.05, 0.1) is 5.92 Å². The summed E-state index contributed by atoms with van der Waals surface area (Å²) in [5.41, 5.74) is -1.28. The average molecular weight is 311 g/mol. The van der Waals surface area contributed by atoms with Crippen molar-refractivity contribution in [2.24, 2.45) is 23.2 Å². The van der Waals surface area contributed by atoms with E-state index >= 15 is 0 Å². The van der Waals surface area contributed by atoms with E-state index in [2.05, 4.69) is 19.1 Å². The van der Waals surface area contributed by atoms with Crippen molar-refractivity contribution in [2.45, 2.75) is 51.6 Å². The molecule has 1 saturated carbocycles. The summed E-state index contributed by atoms with van der Waals surface area (Å²) in [6.45, 7) is 4.06. The third kappa shape index (κ3) is 1.86. The van der Waals surface area contributed by atoms with Gasteiger partial charge in [-0.1, -0.05) is 19.1 Å². The molecule has 0 amide bonds. The number of halogens is 1. The molecule has 1 unspecified atom stereocenters. The number of esters is 1. The smallest absolute Gasteiger partial charge is 0.317 e. The first-order valence-electron chi connectivity index (χ1n) is 7.96. The number of rotatable bonds is 4. The van der Waals surface area contributed by atoms with Crippen LogP contribution >= 0.6 is 11.6 Å². The molecule has 0 N–H and O–H groups in total. The highest BCUT2D eigenvalue weighted by atomic mass is 35.5. The SMILES string of the molecule is C[C@@H]([C@@H]1C=CCCC1)C12CC(=O)[C@H](CCCl)[C@]1(C)OC2=O. The maximum absolute atomic E-state index is 12.5. The Hall–Kier alpha value is -0.830. The van der Waals surface area contributed by atoms with Gasteiger partial charge in [-0.3, -0.25) is 9.59 Å². The minimum atomic E-state index is -0.652.